The van der Waals surface area contributed by atoms with Crippen molar-refractivity contribution in [2.45, 2.75) is 32.4 Å². The van der Waals surface area contributed by atoms with Crippen LogP contribution in [0.1, 0.15) is 30.9 Å². The molecule has 4 heteroatoms. The fourth-order valence-corrected chi connectivity index (χ4v) is 2.71. The Morgan fingerprint density at radius 1 is 1.35 bits per heavy atom. The lowest BCUT2D eigenvalue weighted by atomic mass is 10.0. The van der Waals surface area contributed by atoms with Gasteiger partial charge in [-0.2, -0.15) is 0 Å². The predicted octanol–water partition coefficient (Wildman–Crippen LogP) is 2.75. The summed E-state index contributed by atoms with van der Waals surface area (Å²) >= 11 is 1.63. The fraction of sp³-hybridized carbons (Fsp3) is 0.562. The van der Waals surface area contributed by atoms with E-state index < -0.39 is 0 Å². The maximum atomic E-state index is 11.7. The zero-order valence-corrected chi connectivity index (χ0v) is 13.2. The summed E-state index contributed by atoms with van der Waals surface area (Å²) in [6.45, 7) is 5.01. The van der Waals surface area contributed by atoms with Crippen molar-refractivity contribution in [2.24, 2.45) is 5.92 Å². The van der Waals surface area contributed by atoms with Crippen LogP contribution in [0.5, 0.6) is 0 Å². The van der Waals surface area contributed by atoms with Gasteiger partial charge < -0.3 is 10.4 Å². The molecule has 0 aliphatic heterocycles. The maximum Gasteiger partial charge on any atom is 0.230 e. The van der Waals surface area contributed by atoms with E-state index in [4.69, 9.17) is 5.11 Å². The van der Waals surface area contributed by atoms with Gasteiger partial charge in [0, 0.05) is 18.9 Å². The summed E-state index contributed by atoms with van der Waals surface area (Å²) in [5.74, 6) is 1.81. The van der Waals surface area contributed by atoms with Crippen LogP contribution in [-0.4, -0.2) is 29.9 Å². The largest absolute Gasteiger partial charge is 0.396 e. The van der Waals surface area contributed by atoms with E-state index in [2.05, 4.69) is 43.4 Å². The number of thioether (sulfide) groups is 1. The predicted molar refractivity (Wildman–Crippen MR) is 85.8 cm³/mol. The van der Waals surface area contributed by atoms with Crippen molar-refractivity contribution in [1.29, 1.82) is 0 Å². The minimum absolute atomic E-state index is 0.0819. The van der Waals surface area contributed by atoms with E-state index in [1.54, 1.807) is 11.8 Å². The van der Waals surface area contributed by atoms with E-state index in [1.165, 1.54) is 11.1 Å². The van der Waals surface area contributed by atoms with Crippen molar-refractivity contribution in [3.63, 3.8) is 0 Å². The van der Waals surface area contributed by atoms with Gasteiger partial charge in [0.25, 0.3) is 0 Å². The molecule has 0 saturated heterocycles. The molecule has 0 saturated carbocycles. The van der Waals surface area contributed by atoms with E-state index in [-0.39, 0.29) is 12.5 Å². The molecule has 1 aromatic rings. The monoisotopic (exact) mass is 295 g/mol. The second-order valence-corrected chi connectivity index (χ2v) is 6.05. The first-order valence-electron chi connectivity index (χ1n) is 7.16. The lowest BCUT2D eigenvalue weighted by Crippen LogP contribution is -2.30. The van der Waals surface area contributed by atoms with Crippen molar-refractivity contribution < 1.29 is 9.90 Å². The molecule has 20 heavy (non-hydrogen) atoms. The molecule has 0 aromatic heterocycles. The van der Waals surface area contributed by atoms with Crippen molar-refractivity contribution in [3.05, 3.63) is 35.4 Å². The van der Waals surface area contributed by atoms with Gasteiger partial charge >= 0.3 is 0 Å². The smallest absolute Gasteiger partial charge is 0.230 e. The van der Waals surface area contributed by atoms with Crippen molar-refractivity contribution in [1.82, 2.24) is 5.32 Å². The van der Waals surface area contributed by atoms with E-state index in [0.717, 1.165) is 18.6 Å². The number of nitrogens with one attached hydrogen (secondary N) is 1. The fourth-order valence-electron chi connectivity index (χ4n) is 1.89. The zero-order chi connectivity index (χ0) is 14.8. The van der Waals surface area contributed by atoms with Gasteiger partial charge in [0.15, 0.2) is 0 Å². The molecule has 3 nitrogen and oxygen atoms in total. The molecule has 0 aliphatic rings. The second-order valence-electron chi connectivity index (χ2n) is 5.07. The number of aliphatic hydroxyl groups is 1. The highest BCUT2D eigenvalue weighted by Crippen LogP contribution is 2.13. The molecule has 0 heterocycles. The number of hydrogen-bond acceptors (Lipinski definition) is 3. The standard InChI is InChI=1S/C16H25NO2S/c1-3-14(8-9-18)10-17-16(19)12-20-11-15-6-4-13(2)5-7-15/h4-7,14,18H,3,8-12H2,1-2H3,(H,17,19). The highest BCUT2D eigenvalue weighted by Gasteiger charge is 2.08. The molecule has 1 aromatic carbocycles. The average Bonchev–Trinajstić information content (AvgIpc) is 2.45. The van der Waals surface area contributed by atoms with Crippen LogP contribution in [0.25, 0.3) is 0 Å². The lowest BCUT2D eigenvalue weighted by molar-refractivity contribution is -0.118. The van der Waals surface area contributed by atoms with Crippen LogP contribution < -0.4 is 5.32 Å². The molecule has 0 bridgehead atoms. The third-order valence-electron chi connectivity index (χ3n) is 3.33. The van der Waals surface area contributed by atoms with E-state index in [1.807, 2.05) is 0 Å². The van der Waals surface area contributed by atoms with Crippen molar-refractivity contribution in [2.75, 3.05) is 18.9 Å². The molecule has 0 aliphatic carbocycles. The van der Waals surface area contributed by atoms with Gasteiger partial charge in [-0.3, -0.25) is 4.79 Å². The van der Waals surface area contributed by atoms with Crippen LogP contribution in [-0.2, 0) is 10.5 Å². The van der Waals surface area contributed by atoms with E-state index >= 15 is 0 Å². The lowest BCUT2D eigenvalue weighted by Gasteiger charge is -2.14. The van der Waals surface area contributed by atoms with Gasteiger partial charge in [-0.05, 0) is 24.8 Å². The van der Waals surface area contributed by atoms with E-state index in [9.17, 15) is 4.79 Å². The summed E-state index contributed by atoms with van der Waals surface area (Å²) in [7, 11) is 0. The van der Waals surface area contributed by atoms with Gasteiger partial charge in [0.1, 0.15) is 0 Å². The molecule has 2 N–H and O–H groups in total. The first-order chi connectivity index (χ1) is 9.65. The van der Waals surface area contributed by atoms with Crippen LogP contribution in [0.4, 0.5) is 0 Å². The number of carbonyl (C=O) groups excluding carboxylic acids is 1. The normalized spacial score (nSPS) is 12.2. The first kappa shape index (κ1) is 17.1. The minimum atomic E-state index is 0.0819. The van der Waals surface area contributed by atoms with Gasteiger partial charge in [-0.25, -0.2) is 0 Å². The molecule has 112 valence electrons. The van der Waals surface area contributed by atoms with Crippen molar-refractivity contribution in [3.8, 4) is 0 Å². The molecule has 1 amide bonds. The third-order valence-corrected chi connectivity index (χ3v) is 4.33. The summed E-state index contributed by atoms with van der Waals surface area (Å²) < 4.78 is 0. The number of amides is 1. The molecular weight excluding hydrogens is 270 g/mol. The molecule has 0 radical (unpaired) electrons. The average molecular weight is 295 g/mol. The first-order valence-corrected chi connectivity index (χ1v) is 8.32. The number of aliphatic hydroxyl groups excluding tert-OH is 1. The molecular formula is C16H25NO2S. The maximum absolute atomic E-state index is 11.7. The third kappa shape index (κ3) is 6.96. The number of aryl methyl sites for hydroxylation is 1. The zero-order valence-electron chi connectivity index (χ0n) is 12.4. The Kier molecular flexibility index (Phi) is 8.38. The summed E-state index contributed by atoms with van der Waals surface area (Å²) in [5.41, 5.74) is 2.51. The second kappa shape index (κ2) is 9.83. The van der Waals surface area contributed by atoms with Gasteiger partial charge in [0.05, 0.1) is 5.75 Å². The Balaban J connectivity index is 2.18. The Hall–Kier alpha value is -1.00. The van der Waals surface area contributed by atoms with E-state index in [0.29, 0.717) is 18.2 Å². The van der Waals surface area contributed by atoms with Crippen LogP contribution in [0.3, 0.4) is 0 Å². The van der Waals surface area contributed by atoms with Crippen molar-refractivity contribution >= 4 is 17.7 Å². The Morgan fingerprint density at radius 3 is 2.65 bits per heavy atom. The highest BCUT2D eigenvalue weighted by atomic mass is 32.2. The van der Waals surface area contributed by atoms with Crippen LogP contribution >= 0.6 is 11.8 Å². The quantitative estimate of drug-likeness (QED) is 0.736. The van der Waals surface area contributed by atoms with Crippen LogP contribution in [0.2, 0.25) is 0 Å². The molecule has 0 spiro atoms. The van der Waals surface area contributed by atoms with Crippen LogP contribution in [0, 0.1) is 12.8 Å². The van der Waals surface area contributed by atoms with Crippen LogP contribution in [0.15, 0.2) is 24.3 Å². The molecule has 0 fully saturated rings. The number of carbonyl (C=O) groups is 1. The topological polar surface area (TPSA) is 49.3 Å². The molecule has 1 rings (SSSR count). The summed E-state index contributed by atoms with van der Waals surface area (Å²) in [5, 5.41) is 11.8. The Bertz CT molecular complexity index is 392. The molecule has 1 atom stereocenters. The molecule has 1 unspecified atom stereocenters. The number of benzene rings is 1. The van der Waals surface area contributed by atoms with Gasteiger partial charge in [0.2, 0.25) is 5.91 Å². The highest BCUT2D eigenvalue weighted by molar-refractivity contribution is 7.99. The number of hydrogen-bond donors (Lipinski definition) is 2. The Labute approximate surface area is 126 Å². The summed E-state index contributed by atoms with van der Waals surface area (Å²) in [6, 6.07) is 8.40. The van der Waals surface area contributed by atoms with Gasteiger partial charge in [-0.15, -0.1) is 11.8 Å². The van der Waals surface area contributed by atoms with Gasteiger partial charge in [-0.1, -0.05) is 43.2 Å². The number of rotatable bonds is 9. The summed E-state index contributed by atoms with van der Waals surface area (Å²) in [6.07, 6.45) is 1.74. The SMILES string of the molecule is CCC(CCO)CNC(=O)CSCc1ccc(C)cc1. The summed E-state index contributed by atoms with van der Waals surface area (Å²) in [4.78, 5) is 11.7. The Morgan fingerprint density at radius 2 is 2.05 bits per heavy atom. The minimum Gasteiger partial charge on any atom is -0.396 e.